The highest BCUT2D eigenvalue weighted by Gasteiger charge is 2.07. The fraction of sp³-hybridized carbons (Fsp3) is 0. The van der Waals surface area contributed by atoms with Crippen molar-refractivity contribution in [3.05, 3.63) is 66.5 Å². The molecule has 3 nitrogen and oxygen atoms in total. The van der Waals surface area contributed by atoms with Crippen LogP contribution in [0.15, 0.2) is 60.9 Å². The number of aromatic nitrogens is 1. The van der Waals surface area contributed by atoms with Gasteiger partial charge >= 0.3 is 5.97 Å². The Hall–Kier alpha value is -2.68. The number of aromatic carboxylic acids is 1. The topological polar surface area (TPSA) is 50.2 Å². The molecule has 2 aromatic carbocycles. The summed E-state index contributed by atoms with van der Waals surface area (Å²) in [5, 5.41) is 11.1. The quantitative estimate of drug-likeness (QED) is 0.754. The third kappa shape index (κ3) is 2.06. The maximum absolute atomic E-state index is 11.1. The largest absolute Gasteiger partial charge is 0.478 e. The Morgan fingerprint density at radius 2 is 1.79 bits per heavy atom. The molecule has 0 bridgehead atoms. The van der Waals surface area contributed by atoms with Gasteiger partial charge in [-0.1, -0.05) is 24.3 Å². The molecule has 0 aliphatic rings. The second-order valence-electron chi connectivity index (χ2n) is 4.28. The predicted molar refractivity (Wildman–Crippen MR) is 74.1 cm³/mol. The number of benzene rings is 2. The average Bonchev–Trinajstić information content (AvgIpc) is 2.47. The van der Waals surface area contributed by atoms with Crippen LogP contribution in [0.4, 0.5) is 0 Å². The molecule has 0 saturated carbocycles. The van der Waals surface area contributed by atoms with Gasteiger partial charge in [-0.05, 0) is 46.2 Å². The van der Waals surface area contributed by atoms with Crippen LogP contribution in [0.1, 0.15) is 10.4 Å². The lowest BCUT2D eigenvalue weighted by Gasteiger charge is -2.07. The van der Waals surface area contributed by atoms with Crippen LogP contribution in [-0.2, 0) is 0 Å². The minimum Gasteiger partial charge on any atom is -0.478 e. The van der Waals surface area contributed by atoms with E-state index in [1.54, 1.807) is 24.5 Å². The predicted octanol–water partition coefficient (Wildman–Crippen LogP) is 3.60. The van der Waals surface area contributed by atoms with Gasteiger partial charge in [-0.15, -0.1) is 0 Å². The summed E-state index contributed by atoms with van der Waals surface area (Å²) in [6, 6.07) is 15.0. The molecular formula is C16H11NO2. The molecule has 3 aromatic rings. The lowest BCUT2D eigenvalue weighted by Crippen LogP contribution is -1.95. The Bertz CT molecular complexity index is 751. The number of carbonyl (C=O) groups is 1. The van der Waals surface area contributed by atoms with Crippen LogP contribution in [0.5, 0.6) is 0 Å². The van der Waals surface area contributed by atoms with E-state index in [2.05, 4.69) is 4.98 Å². The molecule has 0 radical (unpaired) electrons. The van der Waals surface area contributed by atoms with Crippen LogP contribution in [0.3, 0.4) is 0 Å². The number of carboxylic acid groups (broad SMARTS) is 1. The highest BCUT2D eigenvalue weighted by molar-refractivity contribution is 6.01. The summed E-state index contributed by atoms with van der Waals surface area (Å²) in [5.74, 6) is -0.911. The van der Waals surface area contributed by atoms with E-state index in [0.717, 1.165) is 21.9 Å². The van der Waals surface area contributed by atoms with Crippen molar-refractivity contribution in [2.45, 2.75) is 0 Å². The Labute approximate surface area is 110 Å². The highest BCUT2D eigenvalue weighted by atomic mass is 16.4. The van der Waals surface area contributed by atoms with Crippen LogP contribution >= 0.6 is 0 Å². The van der Waals surface area contributed by atoms with Gasteiger partial charge in [-0.25, -0.2) is 4.79 Å². The van der Waals surface area contributed by atoms with Crippen LogP contribution in [-0.4, -0.2) is 16.1 Å². The molecule has 0 fully saturated rings. The van der Waals surface area contributed by atoms with Crippen molar-refractivity contribution < 1.29 is 9.90 Å². The Morgan fingerprint density at radius 3 is 2.53 bits per heavy atom. The normalized spacial score (nSPS) is 10.5. The second-order valence-corrected chi connectivity index (χ2v) is 4.28. The molecule has 3 rings (SSSR count). The van der Waals surface area contributed by atoms with Crippen molar-refractivity contribution in [1.82, 2.24) is 4.98 Å². The zero-order valence-corrected chi connectivity index (χ0v) is 10.1. The molecule has 92 valence electrons. The lowest BCUT2D eigenvalue weighted by atomic mass is 9.97. The second kappa shape index (κ2) is 4.53. The highest BCUT2D eigenvalue weighted by Crippen LogP contribution is 2.28. The molecule has 1 aromatic heterocycles. The van der Waals surface area contributed by atoms with Gasteiger partial charge < -0.3 is 5.11 Å². The zero-order valence-electron chi connectivity index (χ0n) is 10.1. The number of fused-ring (bicyclic) bond motifs is 1. The third-order valence-corrected chi connectivity index (χ3v) is 3.12. The average molecular weight is 249 g/mol. The summed E-state index contributed by atoms with van der Waals surface area (Å²) in [6.07, 6.45) is 3.46. The van der Waals surface area contributed by atoms with Gasteiger partial charge in [0.25, 0.3) is 0 Å². The van der Waals surface area contributed by atoms with E-state index < -0.39 is 5.97 Å². The number of carboxylic acids is 1. The number of pyridine rings is 1. The van der Waals surface area contributed by atoms with Crippen molar-refractivity contribution in [2.24, 2.45) is 0 Å². The van der Waals surface area contributed by atoms with Crippen molar-refractivity contribution in [1.29, 1.82) is 0 Å². The Morgan fingerprint density at radius 1 is 1.00 bits per heavy atom. The number of nitrogens with zero attached hydrogens (tertiary/aromatic N) is 1. The minimum atomic E-state index is -0.911. The van der Waals surface area contributed by atoms with Crippen molar-refractivity contribution in [2.75, 3.05) is 0 Å². The first-order chi connectivity index (χ1) is 9.25. The number of hydrogen-bond acceptors (Lipinski definition) is 2. The van der Waals surface area contributed by atoms with Gasteiger partial charge in [0, 0.05) is 12.4 Å². The third-order valence-electron chi connectivity index (χ3n) is 3.12. The number of hydrogen-bond donors (Lipinski definition) is 1. The Kier molecular flexibility index (Phi) is 2.72. The van der Waals surface area contributed by atoms with Crippen LogP contribution < -0.4 is 0 Å². The smallest absolute Gasteiger partial charge is 0.335 e. The molecule has 0 unspecified atom stereocenters. The lowest BCUT2D eigenvalue weighted by molar-refractivity contribution is 0.0697. The van der Waals surface area contributed by atoms with Crippen LogP contribution in [0.2, 0.25) is 0 Å². The molecule has 0 saturated heterocycles. The summed E-state index contributed by atoms with van der Waals surface area (Å²) < 4.78 is 0. The van der Waals surface area contributed by atoms with E-state index in [0.29, 0.717) is 5.56 Å². The number of rotatable bonds is 2. The maximum atomic E-state index is 11.1. The van der Waals surface area contributed by atoms with E-state index >= 15 is 0 Å². The summed E-state index contributed by atoms with van der Waals surface area (Å²) >= 11 is 0. The monoisotopic (exact) mass is 249 g/mol. The molecule has 0 spiro atoms. The molecule has 0 amide bonds. The molecule has 1 heterocycles. The summed E-state index contributed by atoms with van der Waals surface area (Å²) in [4.78, 5) is 15.1. The summed E-state index contributed by atoms with van der Waals surface area (Å²) in [7, 11) is 0. The minimum absolute atomic E-state index is 0.300. The summed E-state index contributed by atoms with van der Waals surface area (Å²) in [6.45, 7) is 0. The SMILES string of the molecule is O=C(O)c1ccc2cccc(-c3ccncc3)c2c1. The van der Waals surface area contributed by atoms with Crippen LogP contribution in [0, 0.1) is 0 Å². The standard InChI is InChI=1S/C16H11NO2/c18-16(19)13-5-4-11-2-1-3-14(15(11)10-13)12-6-8-17-9-7-12/h1-10H,(H,18,19). The van der Waals surface area contributed by atoms with Gasteiger partial charge in [0.1, 0.15) is 0 Å². The molecule has 3 heteroatoms. The first kappa shape index (κ1) is 11.4. The van der Waals surface area contributed by atoms with Crippen molar-refractivity contribution >= 4 is 16.7 Å². The molecule has 0 aliphatic heterocycles. The Balaban J connectivity index is 2.30. The van der Waals surface area contributed by atoms with E-state index in [4.69, 9.17) is 5.11 Å². The molecule has 0 aliphatic carbocycles. The van der Waals surface area contributed by atoms with Gasteiger partial charge in [0.15, 0.2) is 0 Å². The first-order valence-electron chi connectivity index (χ1n) is 5.92. The fourth-order valence-corrected chi connectivity index (χ4v) is 2.19. The van der Waals surface area contributed by atoms with Crippen LogP contribution in [0.25, 0.3) is 21.9 Å². The van der Waals surface area contributed by atoms with Gasteiger partial charge in [0.05, 0.1) is 5.56 Å². The van der Waals surface area contributed by atoms with Gasteiger partial charge in [-0.3, -0.25) is 4.98 Å². The van der Waals surface area contributed by atoms with Gasteiger partial charge in [-0.2, -0.15) is 0 Å². The van der Waals surface area contributed by atoms with E-state index in [1.807, 2.05) is 36.4 Å². The van der Waals surface area contributed by atoms with Crippen molar-refractivity contribution in [3.8, 4) is 11.1 Å². The maximum Gasteiger partial charge on any atom is 0.335 e. The molecule has 0 atom stereocenters. The van der Waals surface area contributed by atoms with E-state index in [9.17, 15) is 4.79 Å². The fourth-order valence-electron chi connectivity index (χ4n) is 2.19. The molecule has 19 heavy (non-hydrogen) atoms. The van der Waals surface area contributed by atoms with E-state index in [-0.39, 0.29) is 0 Å². The van der Waals surface area contributed by atoms with E-state index in [1.165, 1.54) is 0 Å². The summed E-state index contributed by atoms with van der Waals surface area (Å²) in [5.41, 5.74) is 2.35. The first-order valence-corrected chi connectivity index (χ1v) is 5.92. The van der Waals surface area contributed by atoms with Crippen molar-refractivity contribution in [3.63, 3.8) is 0 Å². The molecular weight excluding hydrogens is 238 g/mol. The zero-order chi connectivity index (χ0) is 13.2. The van der Waals surface area contributed by atoms with Gasteiger partial charge in [0.2, 0.25) is 0 Å². The molecule has 1 N–H and O–H groups in total.